The van der Waals surface area contributed by atoms with Crippen LogP contribution in [0.15, 0.2) is 60.7 Å². The van der Waals surface area contributed by atoms with Crippen molar-refractivity contribution in [2.75, 3.05) is 22.9 Å². The average Bonchev–Trinajstić information content (AvgIpc) is 3.21. The zero-order chi connectivity index (χ0) is 20.8. The molecule has 0 aliphatic heterocycles. The molecule has 0 radical (unpaired) electrons. The Balaban J connectivity index is 1.85. The molecule has 0 atom stereocenters. The largest absolute Gasteiger partial charge is 0.394 e. The molecule has 8 N–H and O–H groups in total. The maximum Gasteiger partial charge on any atom is 0.153 e. The van der Waals surface area contributed by atoms with Gasteiger partial charge >= 0.3 is 0 Å². The second-order valence-corrected chi connectivity index (χ2v) is 7.35. The maximum atomic E-state index is 6.33. The molecule has 0 saturated carbocycles. The van der Waals surface area contributed by atoms with Gasteiger partial charge in [-0.15, -0.1) is 0 Å². The van der Waals surface area contributed by atoms with E-state index in [1.54, 1.807) is 9.36 Å². The van der Waals surface area contributed by atoms with Crippen molar-refractivity contribution in [1.82, 2.24) is 19.6 Å². The molecule has 0 unspecified atom stereocenters. The van der Waals surface area contributed by atoms with Crippen molar-refractivity contribution in [3.63, 3.8) is 0 Å². The Morgan fingerprint density at radius 3 is 1.31 bits per heavy atom. The molecule has 4 rings (SSSR count). The van der Waals surface area contributed by atoms with Gasteiger partial charge in [0.25, 0.3) is 0 Å². The smallest absolute Gasteiger partial charge is 0.153 e. The number of hydrogen-bond donors (Lipinski definition) is 4. The molecule has 2 aromatic heterocycles. The number of anilines is 4. The third-order valence-corrected chi connectivity index (χ3v) is 5.05. The molecule has 148 valence electrons. The summed E-state index contributed by atoms with van der Waals surface area (Å²) in [6, 6.07) is 19.3. The van der Waals surface area contributed by atoms with Crippen molar-refractivity contribution in [3.05, 3.63) is 60.7 Å². The van der Waals surface area contributed by atoms with Gasteiger partial charge in [0.2, 0.25) is 0 Å². The Kier molecular flexibility index (Phi) is 4.19. The fourth-order valence-corrected chi connectivity index (χ4v) is 3.43. The van der Waals surface area contributed by atoms with E-state index in [9.17, 15) is 0 Å². The summed E-state index contributed by atoms with van der Waals surface area (Å²) in [6.07, 6.45) is 0. The van der Waals surface area contributed by atoms with Gasteiger partial charge in [-0.3, -0.25) is 0 Å². The standard InChI is InChI=1S/C21H24N8/c1-21(2,28-19(24)15(22)17(26-28)13-9-5-3-6-10-13)29-20(25)16(23)18(27-29)14-11-7-4-8-12-14/h3-12H,22-25H2,1-2H3. The molecule has 0 amide bonds. The van der Waals surface area contributed by atoms with Gasteiger partial charge < -0.3 is 22.9 Å². The van der Waals surface area contributed by atoms with Gasteiger partial charge in [-0.05, 0) is 13.8 Å². The molecule has 0 saturated heterocycles. The van der Waals surface area contributed by atoms with Gasteiger partial charge in [0, 0.05) is 11.1 Å². The molecule has 4 aromatic rings. The Hall–Kier alpha value is -3.94. The van der Waals surface area contributed by atoms with Gasteiger partial charge in [-0.25, -0.2) is 9.36 Å². The van der Waals surface area contributed by atoms with Crippen LogP contribution in [0.25, 0.3) is 22.5 Å². The number of aromatic nitrogens is 4. The highest BCUT2D eigenvalue weighted by Crippen LogP contribution is 2.37. The number of benzene rings is 2. The number of nitrogens with two attached hydrogens (primary N) is 4. The van der Waals surface area contributed by atoms with E-state index in [-0.39, 0.29) is 0 Å². The summed E-state index contributed by atoms with van der Waals surface area (Å²) in [5.41, 5.74) is 28.2. The lowest BCUT2D eigenvalue weighted by atomic mass is 10.1. The van der Waals surface area contributed by atoms with Crippen LogP contribution >= 0.6 is 0 Å². The molecular weight excluding hydrogens is 364 g/mol. The van der Waals surface area contributed by atoms with E-state index in [1.807, 2.05) is 74.5 Å². The van der Waals surface area contributed by atoms with Crippen LogP contribution in [-0.2, 0) is 5.66 Å². The van der Waals surface area contributed by atoms with Crippen molar-refractivity contribution in [2.45, 2.75) is 19.5 Å². The number of hydrogen-bond acceptors (Lipinski definition) is 6. The normalized spacial score (nSPS) is 11.7. The Labute approximate surface area is 168 Å². The minimum Gasteiger partial charge on any atom is -0.394 e. The second kappa shape index (κ2) is 6.59. The zero-order valence-electron chi connectivity index (χ0n) is 16.4. The molecule has 2 aromatic carbocycles. The molecule has 0 bridgehead atoms. The number of nitrogen functional groups attached to an aromatic ring is 4. The highest BCUT2D eigenvalue weighted by atomic mass is 15.5. The SMILES string of the molecule is CC(C)(n1nc(-c2ccccc2)c(N)c1N)n1nc(-c2ccccc2)c(N)c1N. The fourth-order valence-electron chi connectivity index (χ4n) is 3.43. The van der Waals surface area contributed by atoms with Crippen molar-refractivity contribution in [2.24, 2.45) is 0 Å². The summed E-state index contributed by atoms with van der Waals surface area (Å²) in [7, 11) is 0. The highest BCUT2D eigenvalue weighted by molar-refractivity contribution is 5.82. The van der Waals surface area contributed by atoms with Gasteiger partial charge in [0.15, 0.2) is 5.66 Å². The lowest BCUT2D eigenvalue weighted by Gasteiger charge is -2.28. The van der Waals surface area contributed by atoms with E-state index in [0.717, 1.165) is 11.1 Å². The summed E-state index contributed by atoms with van der Waals surface area (Å²) in [6.45, 7) is 3.81. The third-order valence-electron chi connectivity index (χ3n) is 5.05. The monoisotopic (exact) mass is 388 g/mol. The summed E-state index contributed by atoms with van der Waals surface area (Å²) in [5.74, 6) is 0.673. The molecule has 8 nitrogen and oxygen atoms in total. The quantitative estimate of drug-likeness (QED) is 0.424. The molecule has 0 aliphatic rings. The lowest BCUT2D eigenvalue weighted by molar-refractivity contribution is 0.245. The molecule has 0 spiro atoms. The van der Waals surface area contributed by atoms with E-state index in [1.165, 1.54) is 0 Å². The summed E-state index contributed by atoms with van der Waals surface area (Å²) in [4.78, 5) is 0. The first-order valence-corrected chi connectivity index (χ1v) is 9.22. The first-order valence-electron chi connectivity index (χ1n) is 9.22. The first kappa shape index (κ1) is 18.4. The third kappa shape index (κ3) is 2.85. The van der Waals surface area contributed by atoms with Crippen LogP contribution in [-0.4, -0.2) is 19.6 Å². The van der Waals surface area contributed by atoms with Crippen molar-refractivity contribution < 1.29 is 0 Å². The maximum absolute atomic E-state index is 6.33. The Bertz CT molecular complexity index is 1060. The van der Waals surface area contributed by atoms with E-state index in [0.29, 0.717) is 34.4 Å². The minimum absolute atomic E-state index is 0.337. The van der Waals surface area contributed by atoms with Crippen molar-refractivity contribution in [1.29, 1.82) is 0 Å². The van der Waals surface area contributed by atoms with Crippen LogP contribution < -0.4 is 22.9 Å². The minimum atomic E-state index is -0.851. The van der Waals surface area contributed by atoms with Crippen LogP contribution in [0, 0.1) is 0 Å². The second-order valence-electron chi connectivity index (χ2n) is 7.35. The summed E-state index contributed by atoms with van der Waals surface area (Å²) in [5, 5.41) is 9.38. The predicted octanol–water partition coefficient (Wildman–Crippen LogP) is 2.98. The van der Waals surface area contributed by atoms with Crippen LogP contribution in [0.2, 0.25) is 0 Å². The lowest BCUT2D eigenvalue weighted by Crippen LogP contribution is -2.38. The summed E-state index contributed by atoms with van der Waals surface area (Å²) < 4.78 is 3.25. The van der Waals surface area contributed by atoms with E-state index < -0.39 is 5.66 Å². The van der Waals surface area contributed by atoms with Crippen molar-refractivity contribution in [3.8, 4) is 22.5 Å². The van der Waals surface area contributed by atoms with E-state index in [2.05, 4.69) is 10.2 Å². The summed E-state index contributed by atoms with van der Waals surface area (Å²) >= 11 is 0. The first-order chi connectivity index (χ1) is 13.8. The highest BCUT2D eigenvalue weighted by Gasteiger charge is 2.33. The van der Waals surface area contributed by atoms with E-state index in [4.69, 9.17) is 22.9 Å². The van der Waals surface area contributed by atoms with Gasteiger partial charge in [-0.2, -0.15) is 10.2 Å². The van der Waals surface area contributed by atoms with Gasteiger partial charge in [-0.1, -0.05) is 60.7 Å². The molecule has 2 heterocycles. The van der Waals surface area contributed by atoms with E-state index >= 15 is 0 Å². The van der Waals surface area contributed by atoms with Crippen LogP contribution in [0.4, 0.5) is 23.0 Å². The van der Waals surface area contributed by atoms with Crippen LogP contribution in [0.1, 0.15) is 13.8 Å². The van der Waals surface area contributed by atoms with Crippen LogP contribution in [0.3, 0.4) is 0 Å². The Morgan fingerprint density at radius 2 is 0.966 bits per heavy atom. The van der Waals surface area contributed by atoms with Crippen molar-refractivity contribution >= 4 is 23.0 Å². The van der Waals surface area contributed by atoms with Gasteiger partial charge in [0.05, 0.1) is 0 Å². The van der Waals surface area contributed by atoms with Crippen LogP contribution in [0.5, 0.6) is 0 Å². The number of nitrogens with zero attached hydrogens (tertiary/aromatic N) is 4. The Morgan fingerprint density at radius 1 is 0.621 bits per heavy atom. The average molecular weight is 388 g/mol. The van der Waals surface area contributed by atoms with Gasteiger partial charge in [0.1, 0.15) is 34.4 Å². The zero-order valence-corrected chi connectivity index (χ0v) is 16.4. The predicted molar refractivity (Wildman–Crippen MR) is 118 cm³/mol. The molecule has 0 fully saturated rings. The number of rotatable bonds is 4. The molecular formula is C21H24N8. The molecule has 0 aliphatic carbocycles. The molecule has 8 heteroatoms. The fraction of sp³-hybridized carbons (Fsp3) is 0.143. The topological polar surface area (TPSA) is 140 Å². The molecule has 29 heavy (non-hydrogen) atoms.